The molecule has 3 heteroatoms. The van der Waals surface area contributed by atoms with Crippen LogP contribution in [0.15, 0.2) is 18.3 Å². The van der Waals surface area contributed by atoms with Gasteiger partial charge in [-0.15, -0.1) is 0 Å². The highest BCUT2D eigenvalue weighted by Crippen LogP contribution is 2.36. The molecule has 126 valence electrons. The molecule has 0 aliphatic carbocycles. The van der Waals surface area contributed by atoms with Gasteiger partial charge in [0, 0.05) is 17.6 Å². The van der Waals surface area contributed by atoms with Gasteiger partial charge in [0.2, 0.25) is 0 Å². The van der Waals surface area contributed by atoms with Crippen LogP contribution in [0.1, 0.15) is 81.9 Å². The Labute approximate surface area is 139 Å². The molecular weight excluding hydrogens is 286 g/mol. The Bertz CT molecular complexity index is 717. The van der Waals surface area contributed by atoms with Gasteiger partial charge in [-0.25, -0.2) is 4.79 Å². The third kappa shape index (κ3) is 3.44. The molecule has 0 amide bonds. The fourth-order valence-electron chi connectivity index (χ4n) is 3.13. The third-order valence-corrected chi connectivity index (χ3v) is 4.42. The van der Waals surface area contributed by atoms with Crippen LogP contribution in [-0.2, 0) is 11.8 Å². The number of benzene rings is 1. The van der Waals surface area contributed by atoms with E-state index >= 15 is 0 Å². The summed E-state index contributed by atoms with van der Waals surface area (Å²) in [5, 5.41) is 10.6. The molecule has 0 spiro atoms. The van der Waals surface area contributed by atoms with E-state index in [-0.39, 0.29) is 5.41 Å². The summed E-state index contributed by atoms with van der Waals surface area (Å²) >= 11 is 0. The number of nitrogens with zero attached hydrogens (tertiary/aromatic N) is 1. The van der Waals surface area contributed by atoms with E-state index in [2.05, 4.69) is 52.3 Å². The molecule has 3 nitrogen and oxygen atoms in total. The summed E-state index contributed by atoms with van der Waals surface area (Å²) in [6.07, 6.45) is 5.49. The first kappa shape index (κ1) is 17.6. The van der Waals surface area contributed by atoms with Crippen molar-refractivity contribution in [3.05, 3.63) is 35.0 Å². The Morgan fingerprint density at radius 2 is 1.91 bits per heavy atom. The van der Waals surface area contributed by atoms with Crippen molar-refractivity contribution in [3.63, 3.8) is 0 Å². The largest absolute Gasteiger partial charge is 0.478 e. The van der Waals surface area contributed by atoms with Crippen molar-refractivity contribution in [2.45, 2.75) is 72.3 Å². The van der Waals surface area contributed by atoms with Crippen LogP contribution in [0.3, 0.4) is 0 Å². The number of carboxylic acid groups (broad SMARTS) is 1. The topological polar surface area (TPSA) is 42.2 Å². The Kier molecular flexibility index (Phi) is 4.88. The summed E-state index contributed by atoms with van der Waals surface area (Å²) < 4.78 is 2.31. The van der Waals surface area contributed by atoms with Gasteiger partial charge in [-0.2, -0.15) is 0 Å². The highest BCUT2D eigenvalue weighted by Gasteiger charge is 2.24. The van der Waals surface area contributed by atoms with Crippen LogP contribution < -0.4 is 0 Å². The maximum atomic E-state index is 11.6. The van der Waals surface area contributed by atoms with Crippen LogP contribution in [0, 0.1) is 0 Å². The summed E-state index contributed by atoms with van der Waals surface area (Å²) in [6.45, 7) is 13.0. The molecule has 1 aromatic heterocycles. The Morgan fingerprint density at radius 3 is 2.39 bits per heavy atom. The molecule has 0 radical (unpaired) electrons. The van der Waals surface area contributed by atoms with Gasteiger partial charge in [-0.05, 0) is 55.4 Å². The number of carbonyl (C=O) groups is 1. The SMILES string of the molecule is CCCCc1cn(C(C)C)c2c(C(C)(C)C)cc(C(=O)O)cc12. The molecule has 0 aliphatic heterocycles. The minimum absolute atomic E-state index is 0.100. The fraction of sp³-hybridized carbons (Fsp3) is 0.550. The number of unbranched alkanes of at least 4 members (excludes halogenated alkanes) is 1. The Balaban J connectivity index is 2.85. The lowest BCUT2D eigenvalue weighted by molar-refractivity contribution is 0.0697. The quantitative estimate of drug-likeness (QED) is 0.784. The average molecular weight is 315 g/mol. The van der Waals surface area contributed by atoms with Crippen LogP contribution in [0.4, 0.5) is 0 Å². The molecular formula is C20H29NO2. The molecule has 0 saturated heterocycles. The van der Waals surface area contributed by atoms with Crippen LogP contribution in [0.5, 0.6) is 0 Å². The van der Waals surface area contributed by atoms with Crippen molar-refractivity contribution < 1.29 is 9.90 Å². The molecule has 23 heavy (non-hydrogen) atoms. The van der Waals surface area contributed by atoms with E-state index in [1.165, 1.54) is 11.1 Å². The van der Waals surface area contributed by atoms with Gasteiger partial charge in [0.25, 0.3) is 0 Å². The van der Waals surface area contributed by atoms with E-state index in [1.807, 2.05) is 12.1 Å². The number of hydrogen-bond acceptors (Lipinski definition) is 1. The van der Waals surface area contributed by atoms with Crippen LogP contribution >= 0.6 is 0 Å². The normalized spacial score (nSPS) is 12.3. The van der Waals surface area contributed by atoms with Crippen LogP contribution in [0.25, 0.3) is 10.9 Å². The fourth-order valence-corrected chi connectivity index (χ4v) is 3.13. The van der Waals surface area contributed by atoms with E-state index < -0.39 is 5.97 Å². The summed E-state index contributed by atoms with van der Waals surface area (Å²) in [5.41, 5.74) is 3.87. The molecule has 0 saturated carbocycles. The van der Waals surface area contributed by atoms with Crippen molar-refractivity contribution in [1.82, 2.24) is 4.57 Å². The second kappa shape index (κ2) is 6.38. The zero-order chi connectivity index (χ0) is 17.4. The lowest BCUT2D eigenvalue weighted by Crippen LogP contribution is -2.15. The highest BCUT2D eigenvalue weighted by molar-refractivity contribution is 5.97. The van der Waals surface area contributed by atoms with Crippen molar-refractivity contribution in [1.29, 1.82) is 0 Å². The van der Waals surface area contributed by atoms with Gasteiger partial charge in [0.15, 0.2) is 0 Å². The summed E-state index contributed by atoms with van der Waals surface area (Å²) in [4.78, 5) is 11.6. The monoisotopic (exact) mass is 315 g/mol. The van der Waals surface area contributed by atoms with E-state index in [0.29, 0.717) is 11.6 Å². The lowest BCUT2D eigenvalue weighted by atomic mass is 9.84. The molecule has 2 aromatic rings. The average Bonchev–Trinajstić information content (AvgIpc) is 2.81. The van der Waals surface area contributed by atoms with Crippen molar-refractivity contribution in [2.75, 3.05) is 0 Å². The minimum atomic E-state index is -0.851. The van der Waals surface area contributed by atoms with E-state index in [9.17, 15) is 9.90 Å². The minimum Gasteiger partial charge on any atom is -0.478 e. The molecule has 0 unspecified atom stereocenters. The van der Waals surface area contributed by atoms with Gasteiger partial charge in [0.05, 0.1) is 11.1 Å². The second-order valence-corrected chi connectivity index (χ2v) is 7.73. The summed E-state index contributed by atoms with van der Waals surface area (Å²) in [6, 6.07) is 4.06. The number of aromatic nitrogens is 1. The van der Waals surface area contributed by atoms with Crippen molar-refractivity contribution in [3.8, 4) is 0 Å². The predicted octanol–water partition coefficient (Wildman–Crippen LogP) is 5.56. The first-order valence-electron chi connectivity index (χ1n) is 8.58. The van der Waals surface area contributed by atoms with Crippen LogP contribution in [0.2, 0.25) is 0 Å². The molecule has 1 N–H and O–H groups in total. The molecule has 1 heterocycles. The third-order valence-electron chi connectivity index (χ3n) is 4.42. The molecule has 0 fully saturated rings. The lowest BCUT2D eigenvalue weighted by Gasteiger charge is -2.23. The maximum absolute atomic E-state index is 11.6. The standard InChI is InChI=1S/C20H29NO2/c1-7-8-9-14-12-21(13(2)3)18-16(14)10-15(19(22)23)11-17(18)20(4,5)6/h10-13H,7-9H2,1-6H3,(H,22,23). The summed E-state index contributed by atoms with van der Waals surface area (Å²) in [7, 11) is 0. The second-order valence-electron chi connectivity index (χ2n) is 7.73. The van der Waals surface area contributed by atoms with E-state index in [4.69, 9.17) is 0 Å². The number of fused-ring (bicyclic) bond motifs is 1. The molecule has 2 rings (SSSR count). The zero-order valence-corrected chi connectivity index (χ0v) is 15.2. The highest BCUT2D eigenvalue weighted by atomic mass is 16.4. The molecule has 0 atom stereocenters. The first-order chi connectivity index (χ1) is 10.7. The van der Waals surface area contributed by atoms with Crippen LogP contribution in [-0.4, -0.2) is 15.6 Å². The number of aryl methyl sites for hydroxylation is 1. The van der Waals surface area contributed by atoms with Crippen molar-refractivity contribution in [2.24, 2.45) is 0 Å². The molecule has 0 aliphatic rings. The van der Waals surface area contributed by atoms with Gasteiger partial charge >= 0.3 is 5.97 Å². The number of carboxylic acids is 1. The maximum Gasteiger partial charge on any atom is 0.335 e. The predicted molar refractivity (Wildman–Crippen MR) is 96.6 cm³/mol. The van der Waals surface area contributed by atoms with Gasteiger partial charge in [-0.3, -0.25) is 0 Å². The number of hydrogen-bond donors (Lipinski definition) is 1. The van der Waals surface area contributed by atoms with Gasteiger partial charge in [-0.1, -0.05) is 34.1 Å². The van der Waals surface area contributed by atoms with Gasteiger partial charge in [0.1, 0.15) is 0 Å². The number of rotatable bonds is 5. The first-order valence-corrected chi connectivity index (χ1v) is 8.58. The van der Waals surface area contributed by atoms with Gasteiger partial charge < -0.3 is 9.67 Å². The Hall–Kier alpha value is -1.77. The van der Waals surface area contributed by atoms with E-state index in [0.717, 1.165) is 30.2 Å². The molecule has 0 bridgehead atoms. The van der Waals surface area contributed by atoms with Crippen molar-refractivity contribution >= 4 is 16.9 Å². The zero-order valence-electron chi connectivity index (χ0n) is 15.2. The Morgan fingerprint density at radius 1 is 1.26 bits per heavy atom. The van der Waals surface area contributed by atoms with E-state index in [1.54, 1.807) is 0 Å². The molecule has 1 aromatic carbocycles. The smallest absolute Gasteiger partial charge is 0.335 e. The number of aromatic carboxylic acids is 1. The summed E-state index contributed by atoms with van der Waals surface area (Å²) in [5.74, 6) is -0.851.